The maximum absolute atomic E-state index is 13.3. The molecule has 0 spiro atoms. The first kappa shape index (κ1) is 16.4. The molecule has 2 heterocycles. The molecule has 0 saturated carbocycles. The second kappa shape index (κ2) is 6.20. The molecule has 1 unspecified atom stereocenters. The Kier molecular flexibility index (Phi) is 4.24. The van der Waals surface area contributed by atoms with Crippen molar-refractivity contribution in [3.63, 3.8) is 0 Å². The number of anilines is 1. The quantitative estimate of drug-likeness (QED) is 0.862. The van der Waals surface area contributed by atoms with Gasteiger partial charge in [0.1, 0.15) is 23.3 Å². The normalized spacial score (nSPS) is 19.9. The number of methoxy groups -OCH3 is 1. The molecule has 2 aromatic rings. The molecule has 126 valence electrons. The number of halogens is 1. The van der Waals surface area contributed by atoms with Gasteiger partial charge in [-0.1, -0.05) is 12.1 Å². The van der Waals surface area contributed by atoms with E-state index in [0.717, 1.165) is 11.1 Å². The molecule has 1 aromatic heterocycles. The molecule has 1 saturated heterocycles. The molecule has 0 N–H and O–H groups in total. The van der Waals surface area contributed by atoms with Crippen molar-refractivity contribution < 1.29 is 18.7 Å². The Labute approximate surface area is 140 Å². The third kappa shape index (κ3) is 3.10. The summed E-state index contributed by atoms with van der Waals surface area (Å²) in [7, 11) is 1.59. The van der Waals surface area contributed by atoms with Crippen LogP contribution in [0.4, 0.5) is 15.0 Å². The number of cyclic esters (lactones) is 1. The molecule has 1 aliphatic rings. The predicted octanol–water partition coefficient (Wildman–Crippen LogP) is 3.64. The number of carbonyl (C=O) groups is 1. The van der Waals surface area contributed by atoms with Crippen molar-refractivity contribution in [2.24, 2.45) is 0 Å². The number of carbonyl (C=O) groups excluding carboxylic acids is 1. The van der Waals surface area contributed by atoms with Gasteiger partial charge in [-0.2, -0.15) is 0 Å². The van der Waals surface area contributed by atoms with Crippen LogP contribution in [0, 0.1) is 5.82 Å². The van der Waals surface area contributed by atoms with Crippen LogP contribution in [0.3, 0.4) is 0 Å². The second-order valence-corrected chi connectivity index (χ2v) is 6.22. The van der Waals surface area contributed by atoms with Gasteiger partial charge < -0.3 is 9.47 Å². The molecule has 1 fully saturated rings. The number of amides is 1. The van der Waals surface area contributed by atoms with Crippen LogP contribution in [-0.2, 0) is 9.47 Å². The average molecular weight is 330 g/mol. The first-order chi connectivity index (χ1) is 11.4. The lowest BCUT2D eigenvalue weighted by Crippen LogP contribution is -2.57. The van der Waals surface area contributed by atoms with E-state index in [1.165, 1.54) is 17.0 Å². The Hall–Kier alpha value is -2.47. The molecule has 1 atom stereocenters. The van der Waals surface area contributed by atoms with Crippen LogP contribution < -0.4 is 4.90 Å². The monoisotopic (exact) mass is 330 g/mol. The van der Waals surface area contributed by atoms with Crippen LogP contribution in [0.2, 0.25) is 0 Å². The molecule has 0 aliphatic carbocycles. The van der Waals surface area contributed by atoms with Gasteiger partial charge in [-0.3, -0.25) is 4.90 Å². The topological polar surface area (TPSA) is 51.7 Å². The van der Waals surface area contributed by atoms with E-state index in [0.29, 0.717) is 12.4 Å². The Balaban J connectivity index is 1.84. The van der Waals surface area contributed by atoms with Crippen molar-refractivity contribution in [3.8, 4) is 11.1 Å². The number of rotatable bonds is 3. The summed E-state index contributed by atoms with van der Waals surface area (Å²) in [6.45, 7) is 3.99. The zero-order valence-electron chi connectivity index (χ0n) is 13.8. The molecular formula is C18H19FN2O3. The van der Waals surface area contributed by atoms with E-state index >= 15 is 0 Å². The fourth-order valence-electron chi connectivity index (χ4n) is 2.74. The van der Waals surface area contributed by atoms with Crippen molar-refractivity contribution in [1.82, 2.24) is 4.98 Å². The van der Waals surface area contributed by atoms with E-state index in [1.54, 1.807) is 37.6 Å². The van der Waals surface area contributed by atoms with E-state index in [9.17, 15) is 9.18 Å². The standard InChI is InChI=1S/C18H19FN2O3/c1-18(2)15(23-3)11-21(17(22)24-18)16-8-7-13(10-20-16)12-5-4-6-14(19)9-12/h4-10,15H,11H2,1-3H3. The van der Waals surface area contributed by atoms with Gasteiger partial charge in [0, 0.05) is 18.9 Å². The Morgan fingerprint density at radius 3 is 2.71 bits per heavy atom. The number of aromatic nitrogens is 1. The van der Waals surface area contributed by atoms with Crippen LogP contribution in [-0.4, -0.2) is 36.4 Å². The number of pyridine rings is 1. The fraction of sp³-hybridized carbons (Fsp3) is 0.333. The zero-order valence-corrected chi connectivity index (χ0v) is 13.8. The van der Waals surface area contributed by atoms with Gasteiger partial charge >= 0.3 is 6.09 Å². The van der Waals surface area contributed by atoms with Crippen molar-refractivity contribution in [2.45, 2.75) is 25.6 Å². The van der Waals surface area contributed by atoms with Crippen molar-refractivity contribution in [2.75, 3.05) is 18.6 Å². The zero-order chi connectivity index (χ0) is 17.3. The number of hydrogen-bond acceptors (Lipinski definition) is 4. The van der Waals surface area contributed by atoms with Gasteiger partial charge in [-0.25, -0.2) is 14.2 Å². The van der Waals surface area contributed by atoms with Gasteiger partial charge in [0.15, 0.2) is 0 Å². The van der Waals surface area contributed by atoms with Crippen molar-refractivity contribution >= 4 is 11.9 Å². The molecule has 6 heteroatoms. The third-order valence-electron chi connectivity index (χ3n) is 4.16. The SMILES string of the molecule is COC1CN(c2ccc(-c3cccc(F)c3)cn2)C(=O)OC1(C)C. The van der Waals surface area contributed by atoms with Crippen LogP contribution >= 0.6 is 0 Å². The minimum absolute atomic E-state index is 0.264. The maximum Gasteiger partial charge on any atom is 0.416 e. The van der Waals surface area contributed by atoms with Gasteiger partial charge in [0.2, 0.25) is 0 Å². The first-order valence-corrected chi connectivity index (χ1v) is 7.66. The molecular weight excluding hydrogens is 311 g/mol. The van der Waals surface area contributed by atoms with Crippen LogP contribution in [0.25, 0.3) is 11.1 Å². The van der Waals surface area contributed by atoms with Crippen LogP contribution in [0.1, 0.15) is 13.8 Å². The Morgan fingerprint density at radius 2 is 2.08 bits per heavy atom. The highest BCUT2D eigenvalue weighted by molar-refractivity contribution is 5.88. The number of nitrogens with zero attached hydrogens (tertiary/aromatic N) is 2. The molecule has 1 aliphatic heterocycles. The number of hydrogen-bond donors (Lipinski definition) is 0. The fourth-order valence-corrected chi connectivity index (χ4v) is 2.74. The minimum atomic E-state index is -0.691. The van der Waals surface area contributed by atoms with Gasteiger partial charge in [-0.15, -0.1) is 0 Å². The Morgan fingerprint density at radius 1 is 1.29 bits per heavy atom. The lowest BCUT2D eigenvalue weighted by Gasteiger charge is -2.41. The lowest BCUT2D eigenvalue weighted by atomic mass is 9.99. The van der Waals surface area contributed by atoms with E-state index in [4.69, 9.17) is 9.47 Å². The van der Waals surface area contributed by atoms with E-state index < -0.39 is 11.7 Å². The van der Waals surface area contributed by atoms with E-state index in [1.807, 2.05) is 13.8 Å². The molecule has 1 aromatic carbocycles. The third-order valence-corrected chi connectivity index (χ3v) is 4.16. The average Bonchev–Trinajstić information content (AvgIpc) is 2.54. The summed E-state index contributed by atoms with van der Waals surface area (Å²) >= 11 is 0. The molecule has 3 rings (SSSR count). The van der Waals surface area contributed by atoms with Crippen molar-refractivity contribution in [3.05, 3.63) is 48.4 Å². The van der Waals surface area contributed by atoms with E-state index in [-0.39, 0.29) is 11.9 Å². The summed E-state index contributed by atoms with van der Waals surface area (Å²) in [6.07, 6.45) is 0.887. The molecule has 0 bridgehead atoms. The summed E-state index contributed by atoms with van der Waals surface area (Å²) in [5.41, 5.74) is 0.808. The highest BCUT2D eigenvalue weighted by Gasteiger charge is 2.42. The Bertz CT molecular complexity index is 746. The van der Waals surface area contributed by atoms with E-state index in [2.05, 4.69) is 4.98 Å². The highest BCUT2D eigenvalue weighted by Crippen LogP contribution is 2.29. The summed E-state index contributed by atoms with van der Waals surface area (Å²) < 4.78 is 24.2. The predicted molar refractivity (Wildman–Crippen MR) is 88.3 cm³/mol. The van der Waals surface area contributed by atoms with Crippen molar-refractivity contribution in [1.29, 1.82) is 0 Å². The van der Waals surface area contributed by atoms with Crippen LogP contribution in [0.15, 0.2) is 42.6 Å². The van der Waals surface area contributed by atoms with Gasteiger partial charge in [0.05, 0.1) is 6.54 Å². The summed E-state index contributed by atoms with van der Waals surface area (Å²) in [6, 6.07) is 9.79. The summed E-state index contributed by atoms with van der Waals surface area (Å²) in [5, 5.41) is 0. The van der Waals surface area contributed by atoms with Crippen LogP contribution in [0.5, 0.6) is 0 Å². The lowest BCUT2D eigenvalue weighted by molar-refractivity contribution is -0.0858. The molecule has 0 radical (unpaired) electrons. The smallest absolute Gasteiger partial charge is 0.416 e. The summed E-state index contributed by atoms with van der Waals surface area (Å²) in [4.78, 5) is 18.0. The van der Waals surface area contributed by atoms with Gasteiger partial charge in [-0.05, 0) is 43.7 Å². The second-order valence-electron chi connectivity index (χ2n) is 6.22. The number of benzene rings is 1. The largest absolute Gasteiger partial charge is 0.440 e. The molecule has 24 heavy (non-hydrogen) atoms. The minimum Gasteiger partial charge on any atom is -0.440 e. The highest BCUT2D eigenvalue weighted by atomic mass is 19.1. The molecule has 1 amide bonds. The maximum atomic E-state index is 13.3. The van der Waals surface area contributed by atoms with Gasteiger partial charge in [0.25, 0.3) is 0 Å². The first-order valence-electron chi connectivity index (χ1n) is 7.66. The molecule has 5 nitrogen and oxygen atoms in total. The summed E-state index contributed by atoms with van der Waals surface area (Å²) in [5.74, 6) is 0.166. The number of ether oxygens (including phenoxy) is 2.